The molecule has 1 rings (SSSR count). The minimum atomic E-state index is -0.424. The van der Waals surface area contributed by atoms with Crippen molar-refractivity contribution >= 4 is 17.7 Å². The second-order valence-corrected chi connectivity index (χ2v) is 4.86. The third-order valence-corrected chi connectivity index (χ3v) is 1.95. The third kappa shape index (κ3) is 5.76. The minimum absolute atomic E-state index is 0.218. The highest BCUT2D eigenvalue weighted by atomic mass is 16.6. The van der Waals surface area contributed by atoms with Gasteiger partial charge in [0.15, 0.2) is 0 Å². The summed E-state index contributed by atoms with van der Waals surface area (Å²) in [7, 11) is 0. The number of nitrogen functional groups attached to an aromatic ring is 1. The first-order valence-electron chi connectivity index (χ1n) is 5.61. The van der Waals surface area contributed by atoms with Crippen molar-refractivity contribution in [2.75, 3.05) is 5.73 Å². The largest absolute Gasteiger partial charge is 0.460 e. The van der Waals surface area contributed by atoms with Gasteiger partial charge in [0.05, 0.1) is 6.42 Å². The van der Waals surface area contributed by atoms with Gasteiger partial charge in [-0.05, 0) is 38.5 Å². The van der Waals surface area contributed by atoms with Crippen molar-refractivity contribution in [2.45, 2.75) is 32.8 Å². The molecule has 17 heavy (non-hydrogen) atoms. The first-order valence-corrected chi connectivity index (χ1v) is 5.61. The number of nitrogens with two attached hydrogens (primary N) is 1. The van der Waals surface area contributed by atoms with E-state index in [0.29, 0.717) is 0 Å². The van der Waals surface area contributed by atoms with Crippen LogP contribution in [0, 0.1) is 0 Å². The molecule has 0 aliphatic rings. The first kappa shape index (κ1) is 13.3. The van der Waals surface area contributed by atoms with Gasteiger partial charge in [0, 0.05) is 5.69 Å². The van der Waals surface area contributed by atoms with Crippen LogP contribution in [0.1, 0.15) is 32.8 Å². The van der Waals surface area contributed by atoms with Crippen LogP contribution < -0.4 is 5.73 Å². The molecule has 92 valence electrons. The Morgan fingerprint density at radius 1 is 1.29 bits per heavy atom. The molecule has 0 aliphatic carbocycles. The lowest BCUT2D eigenvalue weighted by Gasteiger charge is -2.18. The molecule has 3 heteroatoms. The van der Waals surface area contributed by atoms with Crippen molar-refractivity contribution in [1.82, 2.24) is 0 Å². The van der Waals surface area contributed by atoms with Gasteiger partial charge < -0.3 is 10.5 Å². The number of esters is 1. The van der Waals surface area contributed by atoms with Crippen molar-refractivity contribution in [2.24, 2.45) is 0 Å². The van der Waals surface area contributed by atoms with E-state index in [0.717, 1.165) is 11.3 Å². The molecule has 2 N–H and O–H groups in total. The quantitative estimate of drug-likeness (QED) is 0.645. The van der Waals surface area contributed by atoms with E-state index < -0.39 is 5.60 Å². The zero-order valence-corrected chi connectivity index (χ0v) is 10.6. The average molecular weight is 233 g/mol. The van der Waals surface area contributed by atoms with Crippen LogP contribution in [0.5, 0.6) is 0 Å². The van der Waals surface area contributed by atoms with Crippen LogP contribution in [0.15, 0.2) is 30.3 Å². The molecular formula is C14H19NO2. The average Bonchev–Trinajstić information content (AvgIpc) is 2.18. The highest BCUT2D eigenvalue weighted by Crippen LogP contribution is 2.10. The third-order valence-electron chi connectivity index (χ3n) is 1.95. The van der Waals surface area contributed by atoms with Crippen LogP contribution in [-0.4, -0.2) is 11.6 Å². The van der Waals surface area contributed by atoms with Crippen LogP contribution in [0.3, 0.4) is 0 Å². The molecule has 0 aliphatic heterocycles. The van der Waals surface area contributed by atoms with Gasteiger partial charge in [-0.3, -0.25) is 4.79 Å². The molecule has 0 radical (unpaired) electrons. The van der Waals surface area contributed by atoms with Gasteiger partial charge >= 0.3 is 5.97 Å². The van der Waals surface area contributed by atoms with Gasteiger partial charge in [0.2, 0.25) is 0 Å². The summed E-state index contributed by atoms with van der Waals surface area (Å²) >= 11 is 0. The topological polar surface area (TPSA) is 52.3 Å². The van der Waals surface area contributed by atoms with Gasteiger partial charge in [0.1, 0.15) is 5.60 Å². The van der Waals surface area contributed by atoms with E-state index in [1.807, 2.05) is 51.1 Å². The Bertz CT molecular complexity index is 399. The van der Waals surface area contributed by atoms with E-state index in [-0.39, 0.29) is 12.4 Å². The fraction of sp³-hybridized carbons (Fsp3) is 0.357. The molecule has 0 bridgehead atoms. The zero-order chi connectivity index (χ0) is 12.9. The van der Waals surface area contributed by atoms with E-state index in [2.05, 4.69) is 0 Å². The Labute approximate surface area is 102 Å². The Balaban J connectivity index is 2.45. The highest BCUT2D eigenvalue weighted by Gasteiger charge is 2.14. The number of carbonyl (C=O) groups is 1. The van der Waals surface area contributed by atoms with E-state index in [4.69, 9.17) is 10.5 Å². The standard InChI is InChI=1S/C14H19NO2/c1-14(2,3)17-13(16)6-4-5-11-7-9-12(15)10-8-11/h4-5,7-10H,6,15H2,1-3H3/b5-4+. The second kappa shape index (κ2) is 5.53. The number of hydrogen-bond acceptors (Lipinski definition) is 3. The summed E-state index contributed by atoms with van der Waals surface area (Å²) < 4.78 is 5.18. The predicted molar refractivity (Wildman–Crippen MR) is 70.4 cm³/mol. The van der Waals surface area contributed by atoms with Crippen LogP contribution in [-0.2, 0) is 9.53 Å². The van der Waals surface area contributed by atoms with Crippen LogP contribution in [0.2, 0.25) is 0 Å². The van der Waals surface area contributed by atoms with Crippen LogP contribution in [0.4, 0.5) is 5.69 Å². The number of hydrogen-bond donors (Lipinski definition) is 1. The molecule has 1 aromatic rings. The molecular weight excluding hydrogens is 214 g/mol. The maximum absolute atomic E-state index is 11.4. The zero-order valence-electron chi connectivity index (χ0n) is 10.6. The summed E-state index contributed by atoms with van der Waals surface area (Å²) in [5.41, 5.74) is 6.90. The summed E-state index contributed by atoms with van der Waals surface area (Å²) in [6, 6.07) is 7.46. The Hall–Kier alpha value is -1.77. The van der Waals surface area contributed by atoms with E-state index in [1.165, 1.54) is 0 Å². The maximum atomic E-state index is 11.4. The Kier molecular flexibility index (Phi) is 4.32. The predicted octanol–water partition coefficient (Wildman–Crippen LogP) is 3.01. The number of anilines is 1. The summed E-state index contributed by atoms with van der Waals surface area (Å²) in [4.78, 5) is 11.4. The lowest BCUT2D eigenvalue weighted by Crippen LogP contribution is -2.23. The molecule has 0 amide bonds. The molecule has 0 fully saturated rings. The first-order chi connectivity index (χ1) is 7.87. The lowest BCUT2D eigenvalue weighted by atomic mass is 10.2. The van der Waals surface area contributed by atoms with Crippen molar-refractivity contribution < 1.29 is 9.53 Å². The summed E-state index contributed by atoms with van der Waals surface area (Å²) in [6.07, 6.45) is 3.95. The van der Waals surface area contributed by atoms with Gasteiger partial charge in [-0.1, -0.05) is 24.3 Å². The van der Waals surface area contributed by atoms with E-state index in [9.17, 15) is 4.79 Å². The molecule has 0 atom stereocenters. The number of rotatable bonds is 3. The smallest absolute Gasteiger partial charge is 0.310 e. The number of benzene rings is 1. The number of ether oxygens (including phenoxy) is 1. The SMILES string of the molecule is CC(C)(C)OC(=O)C/C=C/c1ccc(N)cc1. The Morgan fingerprint density at radius 2 is 1.88 bits per heavy atom. The van der Waals surface area contributed by atoms with Gasteiger partial charge in [-0.2, -0.15) is 0 Å². The van der Waals surface area contributed by atoms with Crippen LogP contribution in [0.25, 0.3) is 6.08 Å². The molecule has 1 aromatic carbocycles. The second-order valence-electron chi connectivity index (χ2n) is 4.86. The molecule has 3 nitrogen and oxygen atoms in total. The maximum Gasteiger partial charge on any atom is 0.310 e. The van der Waals surface area contributed by atoms with Gasteiger partial charge in [-0.15, -0.1) is 0 Å². The normalized spacial score (nSPS) is 11.7. The summed E-state index contributed by atoms with van der Waals surface area (Å²) in [6.45, 7) is 5.57. The van der Waals surface area contributed by atoms with Crippen molar-refractivity contribution in [3.63, 3.8) is 0 Å². The van der Waals surface area contributed by atoms with Crippen LogP contribution >= 0.6 is 0 Å². The minimum Gasteiger partial charge on any atom is -0.460 e. The lowest BCUT2D eigenvalue weighted by molar-refractivity contribution is -0.153. The molecule has 0 aromatic heterocycles. The van der Waals surface area contributed by atoms with Gasteiger partial charge in [-0.25, -0.2) is 0 Å². The van der Waals surface area contributed by atoms with E-state index >= 15 is 0 Å². The highest BCUT2D eigenvalue weighted by molar-refractivity contribution is 5.73. The summed E-state index contributed by atoms with van der Waals surface area (Å²) in [5.74, 6) is -0.218. The molecule has 0 saturated heterocycles. The fourth-order valence-electron chi connectivity index (χ4n) is 1.28. The van der Waals surface area contributed by atoms with Crippen molar-refractivity contribution in [3.05, 3.63) is 35.9 Å². The van der Waals surface area contributed by atoms with Gasteiger partial charge in [0.25, 0.3) is 0 Å². The molecule has 0 spiro atoms. The van der Waals surface area contributed by atoms with Crippen molar-refractivity contribution in [3.8, 4) is 0 Å². The number of carbonyl (C=O) groups excluding carboxylic acids is 1. The fourth-order valence-corrected chi connectivity index (χ4v) is 1.28. The van der Waals surface area contributed by atoms with E-state index in [1.54, 1.807) is 6.08 Å². The molecule has 0 unspecified atom stereocenters. The monoisotopic (exact) mass is 233 g/mol. The molecule has 0 saturated carbocycles. The molecule has 0 heterocycles. The van der Waals surface area contributed by atoms with Crippen molar-refractivity contribution in [1.29, 1.82) is 0 Å². The Morgan fingerprint density at radius 3 is 2.41 bits per heavy atom. The summed E-state index contributed by atoms with van der Waals surface area (Å²) in [5, 5.41) is 0.